The Bertz CT molecular complexity index is 513. The fourth-order valence-electron chi connectivity index (χ4n) is 2.17. The maximum absolute atomic E-state index is 12.0. The van der Waals surface area contributed by atoms with Crippen LogP contribution in [0.25, 0.3) is 0 Å². The predicted octanol–water partition coefficient (Wildman–Crippen LogP) is 3.00. The first-order chi connectivity index (χ1) is 9.01. The first kappa shape index (κ1) is 14.2. The van der Waals surface area contributed by atoms with E-state index in [9.17, 15) is 9.90 Å². The molecule has 19 heavy (non-hydrogen) atoms. The van der Waals surface area contributed by atoms with Gasteiger partial charge in [0.25, 0.3) is 0 Å². The fraction of sp³-hybridized carbons (Fsp3) is 0.429. The second-order valence-electron chi connectivity index (χ2n) is 4.58. The van der Waals surface area contributed by atoms with Crippen molar-refractivity contribution in [2.75, 3.05) is 0 Å². The average molecular weight is 325 g/mol. The smallest absolute Gasteiger partial charge is 0.245 e. The molecule has 0 spiro atoms. The predicted molar refractivity (Wildman–Crippen MR) is 77.5 cm³/mol. The molecule has 5 heteroatoms. The quantitative estimate of drug-likeness (QED) is 0.929. The molecule has 1 amide bonds. The summed E-state index contributed by atoms with van der Waals surface area (Å²) < 4.78 is 0.933. The number of benzene rings is 1. The standard InChI is InChI=1S/C14H17BrN2O2/c1-3-12-9-14(19,17(16-12)13(18)4-2)10-5-7-11(15)8-6-10/h5-8,19H,3-4,9H2,1-2H3. The lowest BCUT2D eigenvalue weighted by Gasteiger charge is -2.31. The molecule has 0 saturated heterocycles. The van der Waals surface area contributed by atoms with Gasteiger partial charge in [-0.2, -0.15) is 10.1 Å². The topological polar surface area (TPSA) is 52.9 Å². The minimum absolute atomic E-state index is 0.172. The van der Waals surface area contributed by atoms with Gasteiger partial charge in [0, 0.05) is 28.6 Å². The highest BCUT2D eigenvalue weighted by Crippen LogP contribution is 2.36. The van der Waals surface area contributed by atoms with Crippen LogP contribution < -0.4 is 0 Å². The van der Waals surface area contributed by atoms with Crippen molar-refractivity contribution >= 4 is 27.5 Å². The molecular weight excluding hydrogens is 308 g/mol. The molecular formula is C14H17BrN2O2. The normalized spacial score (nSPS) is 22.5. The molecule has 1 aliphatic heterocycles. The molecule has 1 aromatic carbocycles. The van der Waals surface area contributed by atoms with Gasteiger partial charge in [0.2, 0.25) is 5.91 Å². The number of aliphatic hydroxyl groups is 1. The van der Waals surface area contributed by atoms with Gasteiger partial charge in [-0.15, -0.1) is 0 Å². The molecule has 0 bridgehead atoms. The number of halogens is 1. The van der Waals surface area contributed by atoms with Gasteiger partial charge in [0.05, 0.1) is 0 Å². The molecule has 1 atom stereocenters. The number of hydrogen-bond acceptors (Lipinski definition) is 3. The van der Waals surface area contributed by atoms with Crippen LogP contribution in [0.5, 0.6) is 0 Å². The Hall–Kier alpha value is -1.20. The minimum Gasteiger partial charge on any atom is -0.365 e. The molecule has 2 rings (SSSR count). The molecule has 0 aromatic heterocycles. The molecule has 1 heterocycles. The van der Waals surface area contributed by atoms with Crippen LogP contribution in [0.15, 0.2) is 33.8 Å². The third kappa shape index (κ3) is 2.58. The molecule has 4 nitrogen and oxygen atoms in total. The molecule has 1 unspecified atom stereocenters. The number of rotatable bonds is 3. The second-order valence-corrected chi connectivity index (χ2v) is 5.49. The largest absolute Gasteiger partial charge is 0.365 e. The summed E-state index contributed by atoms with van der Waals surface area (Å²) in [5.41, 5.74) is 0.177. The van der Waals surface area contributed by atoms with Crippen molar-refractivity contribution in [3.63, 3.8) is 0 Å². The van der Waals surface area contributed by atoms with Gasteiger partial charge >= 0.3 is 0 Å². The van der Waals surface area contributed by atoms with E-state index in [1.165, 1.54) is 5.01 Å². The SMILES string of the molecule is CCC(=O)N1N=C(CC)CC1(O)c1ccc(Br)cc1. The van der Waals surface area contributed by atoms with Crippen molar-refractivity contribution in [3.05, 3.63) is 34.3 Å². The number of carbonyl (C=O) groups excluding carboxylic acids is 1. The van der Waals surface area contributed by atoms with Crippen molar-refractivity contribution < 1.29 is 9.90 Å². The maximum atomic E-state index is 12.0. The lowest BCUT2D eigenvalue weighted by Crippen LogP contribution is -2.43. The highest BCUT2D eigenvalue weighted by molar-refractivity contribution is 9.10. The number of amides is 1. The van der Waals surface area contributed by atoms with E-state index in [1.54, 1.807) is 6.92 Å². The van der Waals surface area contributed by atoms with Crippen molar-refractivity contribution in [2.24, 2.45) is 5.10 Å². The second kappa shape index (κ2) is 5.43. The molecule has 0 aliphatic carbocycles. The fourth-order valence-corrected chi connectivity index (χ4v) is 2.43. The van der Waals surface area contributed by atoms with Crippen LogP contribution in [0.2, 0.25) is 0 Å². The van der Waals surface area contributed by atoms with Gasteiger partial charge in [-0.25, -0.2) is 0 Å². The number of carbonyl (C=O) groups is 1. The Morgan fingerprint density at radius 2 is 2.05 bits per heavy atom. The van der Waals surface area contributed by atoms with Gasteiger partial charge in [0.1, 0.15) is 0 Å². The zero-order chi connectivity index (χ0) is 14.0. The first-order valence-electron chi connectivity index (χ1n) is 6.39. The van der Waals surface area contributed by atoms with E-state index in [4.69, 9.17) is 0 Å². The van der Waals surface area contributed by atoms with Crippen molar-refractivity contribution in [1.29, 1.82) is 0 Å². The van der Waals surface area contributed by atoms with Gasteiger partial charge in [-0.05, 0) is 18.6 Å². The van der Waals surface area contributed by atoms with E-state index in [0.29, 0.717) is 18.4 Å². The van der Waals surface area contributed by atoms with Crippen LogP contribution in [0, 0.1) is 0 Å². The number of hydrazone groups is 1. The van der Waals surface area contributed by atoms with Crippen LogP contribution in [0.4, 0.5) is 0 Å². The Labute approximate surface area is 121 Å². The summed E-state index contributed by atoms with van der Waals surface area (Å²) >= 11 is 3.36. The Balaban J connectivity index is 2.40. The summed E-state index contributed by atoms with van der Waals surface area (Å²) in [6.45, 7) is 3.74. The number of hydrogen-bond donors (Lipinski definition) is 1. The Morgan fingerprint density at radius 1 is 1.42 bits per heavy atom. The van der Waals surface area contributed by atoms with E-state index in [-0.39, 0.29) is 5.91 Å². The van der Waals surface area contributed by atoms with E-state index in [0.717, 1.165) is 16.6 Å². The average Bonchev–Trinajstić information content (AvgIpc) is 2.77. The highest BCUT2D eigenvalue weighted by atomic mass is 79.9. The van der Waals surface area contributed by atoms with Gasteiger partial charge in [0.15, 0.2) is 5.72 Å². The van der Waals surface area contributed by atoms with Crippen LogP contribution in [-0.4, -0.2) is 21.7 Å². The van der Waals surface area contributed by atoms with E-state index >= 15 is 0 Å². The van der Waals surface area contributed by atoms with Crippen LogP contribution in [0.3, 0.4) is 0 Å². The van der Waals surface area contributed by atoms with Crippen molar-refractivity contribution in [3.8, 4) is 0 Å². The zero-order valence-corrected chi connectivity index (χ0v) is 12.6. The molecule has 1 aromatic rings. The summed E-state index contributed by atoms with van der Waals surface area (Å²) in [7, 11) is 0. The molecule has 0 radical (unpaired) electrons. The first-order valence-corrected chi connectivity index (χ1v) is 7.18. The summed E-state index contributed by atoms with van der Waals surface area (Å²) in [5.74, 6) is -0.172. The zero-order valence-electron chi connectivity index (χ0n) is 11.1. The van der Waals surface area contributed by atoms with Gasteiger partial charge in [-0.3, -0.25) is 4.79 Å². The maximum Gasteiger partial charge on any atom is 0.245 e. The third-order valence-corrected chi connectivity index (χ3v) is 3.82. The highest BCUT2D eigenvalue weighted by Gasteiger charge is 2.44. The molecule has 102 valence electrons. The minimum atomic E-state index is -1.35. The van der Waals surface area contributed by atoms with E-state index < -0.39 is 5.72 Å². The monoisotopic (exact) mass is 324 g/mol. The van der Waals surface area contributed by atoms with Crippen LogP contribution in [0.1, 0.15) is 38.7 Å². The summed E-state index contributed by atoms with van der Waals surface area (Å²) in [5, 5.41) is 16.4. The van der Waals surface area contributed by atoms with Crippen LogP contribution >= 0.6 is 15.9 Å². The van der Waals surface area contributed by atoms with Crippen molar-refractivity contribution in [2.45, 2.75) is 38.8 Å². The third-order valence-electron chi connectivity index (χ3n) is 3.30. The van der Waals surface area contributed by atoms with Crippen LogP contribution in [-0.2, 0) is 10.5 Å². The van der Waals surface area contributed by atoms with Gasteiger partial charge in [-0.1, -0.05) is 41.9 Å². The van der Waals surface area contributed by atoms with Gasteiger partial charge < -0.3 is 5.11 Å². The number of nitrogens with zero attached hydrogens (tertiary/aromatic N) is 2. The Kier molecular flexibility index (Phi) is 4.06. The molecule has 1 aliphatic rings. The summed E-state index contributed by atoms with van der Waals surface area (Å²) in [6, 6.07) is 7.33. The summed E-state index contributed by atoms with van der Waals surface area (Å²) in [4.78, 5) is 12.0. The lowest BCUT2D eigenvalue weighted by molar-refractivity contribution is -0.157. The lowest BCUT2D eigenvalue weighted by atomic mass is 9.96. The van der Waals surface area contributed by atoms with E-state index in [2.05, 4.69) is 21.0 Å². The molecule has 0 saturated carbocycles. The Morgan fingerprint density at radius 3 is 2.58 bits per heavy atom. The van der Waals surface area contributed by atoms with Crippen molar-refractivity contribution in [1.82, 2.24) is 5.01 Å². The summed E-state index contributed by atoms with van der Waals surface area (Å²) in [6.07, 6.45) is 1.42. The molecule has 1 N–H and O–H groups in total. The molecule has 0 fully saturated rings. The van der Waals surface area contributed by atoms with E-state index in [1.807, 2.05) is 31.2 Å².